The van der Waals surface area contributed by atoms with Crippen molar-refractivity contribution in [1.82, 2.24) is 15.1 Å². The largest absolute Gasteiger partial charge is 0.426 e. The minimum absolute atomic E-state index is 0.0682. The molecule has 9 heteroatoms. The first-order valence-corrected chi connectivity index (χ1v) is 10.0. The molecule has 3 atom stereocenters. The number of halogens is 3. The van der Waals surface area contributed by atoms with Gasteiger partial charge in [0.15, 0.2) is 0 Å². The predicted octanol–water partition coefficient (Wildman–Crippen LogP) is 3.57. The van der Waals surface area contributed by atoms with E-state index in [1.54, 1.807) is 0 Å². The number of benzene rings is 1. The molecule has 30 heavy (non-hydrogen) atoms. The summed E-state index contributed by atoms with van der Waals surface area (Å²) in [7, 11) is 0. The molecule has 2 aliphatic rings. The standard InChI is InChI=1S/C21H24F3N3O3/c1-13-12-27(18(28)19(2,29)21(22,23)24)11-8-15(13)20(9-10-20)17-26-25-16(30-17)14-6-4-3-5-7-14/h3-7,13,15,29H,8-12H2,1-2H3/t13-,15?,19?/m0/s1. The van der Waals surface area contributed by atoms with Crippen LogP contribution in [0, 0.1) is 11.8 Å². The van der Waals surface area contributed by atoms with Gasteiger partial charge in [-0.25, -0.2) is 0 Å². The molecule has 1 saturated carbocycles. The summed E-state index contributed by atoms with van der Waals surface area (Å²) in [6.45, 7) is 2.73. The fourth-order valence-electron chi connectivity index (χ4n) is 4.58. The van der Waals surface area contributed by atoms with Crippen molar-refractivity contribution in [3.63, 3.8) is 0 Å². The number of likely N-dealkylation sites (tertiary alicyclic amines) is 1. The molecule has 1 aromatic heterocycles. The number of aromatic nitrogens is 2. The highest BCUT2D eigenvalue weighted by Crippen LogP contribution is 2.58. The smallest absolute Gasteiger partial charge is 0.420 e. The van der Waals surface area contributed by atoms with Crippen molar-refractivity contribution in [3.05, 3.63) is 36.2 Å². The summed E-state index contributed by atoms with van der Waals surface area (Å²) in [6, 6.07) is 9.44. The molecule has 1 aliphatic carbocycles. The van der Waals surface area contributed by atoms with Crippen LogP contribution in [0.2, 0.25) is 0 Å². The van der Waals surface area contributed by atoms with E-state index in [2.05, 4.69) is 10.2 Å². The van der Waals surface area contributed by atoms with Crippen LogP contribution in [0.25, 0.3) is 11.5 Å². The van der Waals surface area contributed by atoms with Crippen LogP contribution >= 0.6 is 0 Å². The Bertz CT molecular complexity index is 922. The van der Waals surface area contributed by atoms with E-state index in [4.69, 9.17) is 4.42 Å². The van der Waals surface area contributed by atoms with Gasteiger partial charge < -0.3 is 14.4 Å². The third-order valence-electron chi connectivity index (χ3n) is 6.53. The number of rotatable bonds is 4. The van der Waals surface area contributed by atoms with Crippen molar-refractivity contribution in [2.75, 3.05) is 13.1 Å². The first-order chi connectivity index (χ1) is 14.1. The van der Waals surface area contributed by atoms with Gasteiger partial charge in [-0.1, -0.05) is 25.1 Å². The van der Waals surface area contributed by atoms with Crippen molar-refractivity contribution in [2.45, 2.75) is 50.3 Å². The van der Waals surface area contributed by atoms with Crippen LogP contribution in [0.5, 0.6) is 0 Å². The van der Waals surface area contributed by atoms with Crippen LogP contribution in [0.1, 0.15) is 39.0 Å². The minimum Gasteiger partial charge on any atom is -0.420 e. The van der Waals surface area contributed by atoms with Crippen LogP contribution in [-0.4, -0.2) is 51.0 Å². The fraction of sp³-hybridized carbons (Fsp3) is 0.571. The molecule has 0 bridgehead atoms. The second-order valence-corrected chi connectivity index (χ2v) is 8.63. The summed E-state index contributed by atoms with van der Waals surface area (Å²) in [5.41, 5.74) is -2.84. The Kier molecular flexibility index (Phi) is 4.91. The van der Waals surface area contributed by atoms with Crippen LogP contribution < -0.4 is 0 Å². The fourth-order valence-corrected chi connectivity index (χ4v) is 4.58. The van der Waals surface area contributed by atoms with Gasteiger partial charge in [0, 0.05) is 18.7 Å². The van der Waals surface area contributed by atoms with E-state index in [1.807, 2.05) is 37.3 Å². The molecule has 1 amide bonds. The van der Waals surface area contributed by atoms with Crippen LogP contribution in [0.4, 0.5) is 13.2 Å². The number of alkyl halides is 3. The predicted molar refractivity (Wildman–Crippen MR) is 101 cm³/mol. The highest BCUT2D eigenvalue weighted by atomic mass is 19.4. The lowest BCUT2D eigenvalue weighted by Gasteiger charge is -2.42. The van der Waals surface area contributed by atoms with E-state index < -0.39 is 17.7 Å². The van der Waals surface area contributed by atoms with Crippen molar-refractivity contribution < 1.29 is 27.5 Å². The summed E-state index contributed by atoms with van der Waals surface area (Å²) in [5.74, 6) is -0.254. The number of aliphatic hydroxyl groups is 1. The molecule has 2 heterocycles. The maximum atomic E-state index is 13.1. The molecule has 2 aromatic rings. The molecule has 6 nitrogen and oxygen atoms in total. The zero-order chi connectivity index (χ0) is 21.7. The molecule has 1 N–H and O–H groups in total. The van der Waals surface area contributed by atoms with Gasteiger partial charge in [-0.2, -0.15) is 13.2 Å². The Labute approximate surface area is 172 Å². The average molecular weight is 423 g/mol. The molecule has 4 rings (SSSR count). The first kappa shape index (κ1) is 20.8. The average Bonchev–Trinajstić information content (AvgIpc) is 3.35. The Hall–Kier alpha value is -2.42. The molecule has 2 fully saturated rings. The molecule has 1 saturated heterocycles. The first-order valence-electron chi connectivity index (χ1n) is 10.0. The number of carbonyl (C=O) groups is 1. The van der Waals surface area contributed by atoms with Gasteiger partial charge in [0.25, 0.3) is 5.91 Å². The van der Waals surface area contributed by atoms with E-state index in [0.29, 0.717) is 25.1 Å². The number of nitrogens with zero attached hydrogens (tertiary/aromatic N) is 3. The molecule has 1 aliphatic heterocycles. The number of amides is 1. The summed E-state index contributed by atoms with van der Waals surface area (Å²) in [6.07, 6.45) is -2.76. The number of piperidine rings is 1. The van der Waals surface area contributed by atoms with Crippen molar-refractivity contribution in [3.8, 4) is 11.5 Å². The second-order valence-electron chi connectivity index (χ2n) is 8.63. The number of hydrogen-bond acceptors (Lipinski definition) is 5. The van der Waals surface area contributed by atoms with Gasteiger partial charge in [-0.05, 0) is 50.2 Å². The molecular formula is C21H24F3N3O3. The monoisotopic (exact) mass is 423 g/mol. The molecule has 0 spiro atoms. The lowest BCUT2D eigenvalue weighted by molar-refractivity contribution is -0.251. The maximum absolute atomic E-state index is 13.1. The van der Waals surface area contributed by atoms with Gasteiger partial charge in [-0.3, -0.25) is 4.79 Å². The molecule has 162 valence electrons. The lowest BCUT2D eigenvalue weighted by atomic mass is 9.74. The van der Waals surface area contributed by atoms with Crippen LogP contribution in [0.3, 0.4) is 0 Å². The van der Waals surface area contributed by atoms with E-state index in [1.165, 1.54) is 0 Å². The van der Waals surface area contributed by atoms with Crippen molar-refractivity contribution in [1.29, 1.82) is 0 Å². The highest BCUT2D eigenvalue weighted by molar-refractivity contribution is 5.85. The van der Waals surface area contributed by atoms with E-state index in [-0.39, 0.29) is 30.3 Å². The molecular weight excluding hydrogens is 399 g/mol. The van der Waals surface area contributed by atoms with Gasteiger partial charge in [-0.15, -0.1) is 10.2 Å². The molecule has 1 aromatic carbocycles. The topological polar surface area (TPSA) is 79.5 Å². The maximum Gasteiger partial charge on any atom is 0.426 e. The molecule has 2 unspecified atom stereocenters. The van der Waals surface area contributed by atoms with Gasteiger partial charge in [0.2, 0.25) is 17.4 Å². The summed E-state index contributed by atoms with van der Waals surface area (Å²) in [4.78, 5) is 13.4. The zero-order valence-corrected chi connectivity index (χ0v) is 16.8. The Balaban J connectivity index is 1.49. The van der Waals surface area contributed by atoms with Crippen molar-refractivity contribution in [2.24, 2.45) is 11.8 Å². The highest BCUT2D eigenvalue weighted by Gasteiger charge is 2.60. The van der Waals surface area contributed by atoms with Gasteiger partial charge in [0.05, 0.1) is 5.41 Å². The van der Waals surface area contributed by atoms with Crippen LogP contribution in [0.15, 0.2) is 34.7 Å². The van der Waals surface area contributed by atoms with Gasteiger partial charge in [0.1, 0.15) is 0 Å². The summed E-state index contributed by atoms with van der Waals surface area (Å²) >= 11 is 0. The van der Waals surface area contributed by atoms with E-state index in [0.717, 1.165) is 23.3 Å². The normalized spacial score (nSPS) is 25.6. The third kappa shape index (κ3) is 3.38. The SMILES string of the molecule is C[C@H]1CN(C(=O)C(C)(O)C(F)(F)F)CCC1C1(c2nnc(-c3ccccc3)o2)CC1. The van der Waals surface area contributed by atoms with Crippen molar-refractivity contribution >= 4 is 5.91 Å². The van der Waals surface area contributed by atoms with Crippen LogP contribution in [-0.2, 0) is 10.2 Å². The lowest BCUT2D eigenvalue weighted by Crippen LogP contribution is -2.58. The number of carbonyl (C=O) groups excluding carboxylic acids is 1. The summed E-state index contributed by atoms with van der Waals surface area (Å²) in [5, 5.41) is 18.2. The Morgan fingerprint density at radius 1 is 1.23 bits per heavy atom. The minimum atomic E-state index is -5.01. The van der Waals surface area contributed by atoms with E-state index >= 15 is 0 Å². The third-order valence-corrected chi connectivity index (χ3v) is 6.53. The quantitative estimate of drug-likeness (QED) is 0.814. The second kappa shape index (κ2) is 7.08. The Morgan fingerprint density at radius 2 is 1.90 bits per heavy atom. The summed E-state index contributed by atoms with van der Waals surface area (Å²) < 4.78 is 45.1. The van der Waals surface area contributed by atoms with Gasteiger partial charge >= 0.3 is 6.18 Å². The Morgan fingerprint density at radius 3 is 2.47 bits per heavy atom. The molecule has 0 radical (unpaired) electrons. The zero-order valence-electron chi connectivity index (χ0n) is 16.8. The number of hydrogen-bond donors (Lipinski definition) is 1. The van der Waals surface area contributed by atoms with E-state index in [9.17, 15) is 23.1 Å².